The van der Waals surface area contributed by atoms with Gasteiger partial charge >= 0.3 is 0 Å². The predicted octanol–water partition coefficient (Wildman–Crippen LogP) is -1.44. The summed E-state index contributed by atoms with van der Waals surface area (Å²) >= 11 is 3.64. The number of nitrogens with two attached hydrogens (primary N) is 2. The van der Waals surface area contributed by atoms with Crippen LogP contribution in [0.15, 0.2) is 0 Å². The number of amides is 1. The minimum atomic E-state index is -0.468. The van der Waals surface area contributed by atoms with Gasteiger partial charge in [-0.05, 0) is 0 Å². The van der Waals surface area contributed by atoms with Crippen molar-refractivity contribution in [1.82, 2.24) is 0 Å². The molecule has 0 spiro atoms. The van der Waals surface area contributed by atoms with Crippen LogP contribution in [0.4, 0.5) is 0 Å². The number of hydrogen-bond acceptors (Lipinski definition) is 3. The number of halogens is 1. The van der Waals surface area contributed by atoms with Gasteiger partial charge in [-0.25, -0.2) is 0 Å². The van der Waals surface area contributed by atoms with Crippen molar-refractivity contribution in [2.45, 2.75) is 0 Å². The van der Waals surface area contributed by atoms with Gasteiger partial charge in [-0.3, -0.25) is 9.45 Å². The number of carbonyl (C=O) groups is 1. The number of hydrogen-bond donors (Lipinski definition) is 3. The summed E-state index contributed by atoms with van der Waals surface area (Å²) < 4.78 is 6.47. The molecule has 1 amide bonds. The molecule has 44 valence electrons. The molecular formula is C2H7ClN2O2. The van der Waals surface area contributed by atoms with E-state index in [9.17, 15) is 4.79 Å². The molecular weight excluding hydrogens is 119 g/mol. The van der Waals surface area contributed by atoms with Crippen LogP contribution in [0.1, 0.15) is 0 Å². The monoisotopic (exact) mass is 126 g/mol. The fourth-order valence-electron chi connectivity index (χ4n) is 0. The van der Waals surface area contributed by atoms with Gasteiger partial charge in [-0.15, -0.1) is 0 Å². The Morgan fingerprint density at radius 1 is 1.71 bits per heavy atom. The highest BCUT2D eigenvalue weighted by Crippen LogP contribution is 1.36. The van der Waals surface area contributed by atoms with Gasteiger partial charge < -0.3 is 11.5 Å². The minimum absolute atomic E-state index is 0.0556. The molecule has 0 saturated heterocycles. The molecule has 0 radical (unpaired) electrons. The van der Waals surface area contributed by atoms with Crippen molar-refractivity contribution in [3.8, 4) is 0 Å². The first kappa shape index (κ1) is 9.84. The lowest BCUT2D eigenvalue weighted by Crippen LogP contribution is -2.21. The largest absolute Gasteiger partial charge is 0.369 e. The molecule has 0 heterocycles. The Morgan fingerprint density at radius 3 is 1.86 bits per heavy atom. The zero-order chi connectivity index (χ0) is 6.28. The van der Waals surface area contributed by atoms with Crippen molar-refractivity contribution in [2.75, 3.05) is 6.54 Å². The molecule has 4 nitrogen and oxygen atoms in total. The molecule has 0 atom stereocenters. The van der Waals surface area contributed by atoms with Crippen LogP contribution >= 0.6 is 11.9 Å². The van der Waals surface area contributed by atoms with E-state index in [2.05, 4.69) is 17.6 Å². The van der Waals surface area contributed by atoms with Gasteiger partial charge in [-0.2, -0.15) is 0 Å². The quantitative estimate of drug-likeness (QED) is 0.402. The van der Waals surface area contributed by atoms with Crippen molar-refractivity contribution >= 4 is 17.8 Å². The van der Waals surface area contributed by atoms with Gasteiger partial charge in [0.15, 0.2) is 0 Å². The van der Waals surface area contributed by atoms with Crippen LogP contribution in [-0.4, -0.2) is 17.1 Å². The first-order valence-corrected chi connectivity index (χ1v) is 1.76. The molecule has 0 aromatic carbocycles. The van der Waals surface area contributed by atoms with Crippen LogP contribution in [0.2, 0.25) is 0 Å². The van der Waals surface area contributed by atoms with Gasteiger partial charge in [0.25, 0.3) is 0 Å². The lowest BCUT2D eigenvalue weighted by atomic mass is 10.7. The first-order valence-electron chi connectivity index (χ1n) is 1.42. The van der Waals surface area contributed by atoms with Crippen LogP contribution in [0, 0.1) is 0 Å². The SMILES string of the molecule is NCC(N)=O.OCl. The Balaban J connectivity index is 0. The van der Waals surface area contributed by atoms with Crippen molar-refractivity contribution in [3.05, 3.63) is 0 Å². The van der Waals surface area contributed by atoms with Crippen LogP contribution in [0.3, 0.4) is 0 Å². The molecule has 0 aliphatic rings. The third-order valence-corrected chi connectivity index (χ3v) is 0.201. The topological polar surface area (TPSA) is 89.3 Å². The summed E-state index contributed by atoms with van der Waals surface area (Å²) in [4.78, 5) is 9.47. The predicted molar refractivity (Wildman–Crippen MR) is 26.3 cm³/mol. The smallest absolute Gasteiger partial charge is 0.231 e. The second-order valence-corrected chi connectivity index (χ2v) is 0.670. The van der Waals surface area contributed by atoms with E-state index in [0.29, 0.717) is 0 Å². The molecule has 0 fully saturated rings. The standard InChI is InChI=1S/C2H6N2O.ClHO/c3-1-2(4)5;1-2/h1,3H2,(H2,4,5);2H. The highest BCUT2D eigenvalue weighted by atomic mass is 35.5. The summed E-state index contributed by atoms with van der Waals surface area (Å²) in [6.45, 7) is -0.0556. The Morgan fingerprint density at radius 2 is 1.86 bits per heavy atom. The van der Waals surface area contributed by atoms with E-state index in [1.54, 1.807) is 0 Å². The van der Waals surface area contributed by atoms with Gasteiger partial charge in [0.2, 0.25) is 5.91 Å². The summed E-state index contributed by atoms with van der Waals surface area (Å²) in [6.07, 6.45) is 0. The molecule has 0 aromatic heterocycles. The fraction of sp³-hybridized carbons (Fsp3) is 0.500. The number of carbonyl (C=O) groups excluding carboxylic acids is 1. The van der Waals surface area contributed by atoms with Crippen molar-refractivity contribution in [2.24, 2.45) is 11.5 Å². The van der Waals surface area contributed by atoms with Gasteiger partial charge in [0.1, 0.15) is 0 Å². The zero-order valence-corrected chi connectivity index (χ0v) is 4.35. The molecule has 0 saturated carbocycles. The molecule has 7 heavy (non-hydrogen) atoms. The lowest BCUT2D eigenvalue weighted by molar-refractivity contribution is -0.116. The highest BCUT2D eigenvalue weighted by molar-refractivity contribution is 6.04. The zero-order valence-electron chi connectivity index (χ0n) is 3.60. The maximum Gasteiger partial charge on any atom is 0.231 e. The van der Waals surface area contributed by atoms with E-state index >= 15 is 0 Å². The van der Waals surface area contributed by atoms with E-state index in [1.807, 2.05) is 0 Å². The number of rotatable bonds is 1. The van der Waals surface area contributed by atoms with Crippen molar-refractivity contribution in [1.29, 1.82) is 0 Å². The number of primary amides is 1. The molecule has 0 rings (SSSR count). The molecule has 0 aliphatic heterocycles. The normalized spacial score (nSPS) is 6.14. The summed E-state index contributed by atoms with van der Waals surface area (Å²) in [5, 5.41) is 0. The van der Waals surface area contributed by atoms with Crippen molar-refractivity contribution in [3.63, 3.8) is 0 Å². The Kier molecular flexibility index (Phi) is 12.9. The maximum absolute atomic E-state index is 9.47. The second-order valence-electron chi connectivity index (χ2n) is 0.670. The lowest BCUT2D eigenvalue weighted by Gasteiger charge is -1.74. The van der Waals surface area contributed by atoms with Gasteiger partial charge in [0, 0.05) is 0 Å². The Bertz CT molecular complexity index is 49.0. The third-order valence-electron chi connectivity index (χ3n) is 0.201. The first-order chi connectivity index (χ1) is 3.27. The molecule has 5 N–H and O–H groups in total. The van der Waals surface area contributed by atoms with Crippen LogP contribution in [0.5, 0.6) is 0 Å². The average Bonchev–Trinajstić information content (AvgIpc) is 1.73. The molecule has 0 unspecified atom stereocenters. The summed E-state index contributed by atoms with van der Waals surface area (Å²) in [7, 11) is 0. The third kappa shape index (κ3) is 27.3. The highest BCUT2D eigenvalue weighted by Gasteiger charge is 1.77. The molecule has 0 aromatic rings. The fourth-order valence-corrected chi connectivity index (χ4v) is 0. The van der Waals surface area contributed by atoms with Crippen LogP contribution in [0.25, 0.3) is 0 Å². The molecule has 0 aliphatic carbocycles. The summed E-state index contributed by atoms with van der Waals surface area (Å²) in [6, 6.07) is 0. The van der Waals surface area contributed by atoms with Crippen LogP contribution in [-0.2, 0) is 4.79 Å². The van der Waals surface area contributed by atoms with E-state index in [-0.39, 0.29) is 6.54 Å². The summed E-state index contributed by atoms with van der Waals surface area (Å²) in [5.41, 5.74) is 9.22. The van der Waals surface area contributed by atoms with Crippen LogP contribution < -0.4 is 11.5 Å². The molecule has 5 heteroatoms. The van der Waals surface area contributed by atoms with E-state index in [4.69, 9.17) is 10.4 Å². The van der Waals surface area contributed by atoms with E-state index in [1.165, 1.54) is 0 Å². The Hall–Kier alpha value is -0.320. The van der Waals surface area contributed by atoms with Crippen molar-refractivity contribution < 1.29 is 9.45 Å². The van der Waals surface area contributed by atoms with E-state index in [0.717, 1.165) is 0 Å². The summed E-state index contributed by atoms with van der Waals surface area (Å²) in [5.74, 6) is -0.468. The second kappa shape index (κ2) is 9.19. The maximum atomic E-state index is 9.47. The minimum Gasteiger partial charge on any atom is -0.369 e. The molecule has 0 bridgehead atoms. The Labute approximate surface area is 46.2 Å². The van der Waals surface area contributed by atoms with E-state index < -0.39 is 5.91 Å². The van der Waals surface area contributed by atoms with Gasteiger partial charge in [0.05, 0.1) is 18.4 Å². The average molecular weight is 127 g/mol. The van der Waals surface area contributed by atoms with Gasteiger partial charge in [-0.1, -0.05) is 0 Å².